The summed E-state index contributed by atoms with van der Waals surface area (Å²) in [5.74, 6) is -0.395. The van der Waals surface area contributed by atoms with E-state index >= 15 is 0 Å². The number of nitrogens with zero attached hydrogens (tertiary/aromatic N) is 5. The Bertz CT molecular complexity index is 1380. The van der Waals surface area contributed by atoms with E-state index in [1.807, 2.05) is 18.4 Å². The lowest BCUT2D eigenvalue weighted by molar-refractivity contribution is -0.198. The number of nitrogens with two attached hydrogens (primary N) is 1. The summed E-state index contributed by atoms with van der Waals surface area (Å²) in [5, 5.41) is 3.12. The predicted molar refractivity (Wildman–Crippen MR) is 165 cm³/mol. The number of carbonyl (C=O) groups excluding carboxylic acids is 1. The Morgan fingerprint density at radius 2 is 1.81 bits per heavy atom. The van der Waals surface area contributed by atoms with Gasteiger partial charge in [-0.1, -0.05) is 64.8 Å². The number of amides is 1. The van der Waals surface area contributed by atoms with E-state index < -0.39 is 12.0 Å². The highest BCUT2D eigenvalue weighted by Gasteiger charge is 2.56. The minimum Gasteiger partial charge on any atom is -0.382 e. The number of nitrogen functional groups attached to an aromatic ring is 1. The summed E-state index contributed by atoms with van der Waals surface area (Å²) in [6, 6.07) is 8.34. The van der Waals surface area contributed by atoms with Gasteiger partial charge in [0, 0.05) is 19.6 Å². The van der Waals surface area contributed by atoms with Crippen molar-refractivity contribution in [3.05, 3.63) is 48.0 Å². The Morgan fingerprint density at radius 1 is 1.07 bits per heavy atom. The summed E-state index contributed by atoms with van der Waals surface area (Å²) in [4.78, 5) is 28.1. The third kappa shape index (κ3) is 7.34. The lowest BCUT2D eigenvalue weighted by atomic mass is 9.86. The van der Waals surface area contributed by atoms with Gasteiger partial charge in [0.1, 0.15) is 30.2 Å². The molecule has 0 radical (unpaired) electrons. The number of unbranched alkanes of at least 4 members (excludes halogenated alkanes) is 2. The van der Waals surface area contributed by atoms with Crippen LogP contribution in [0.25, 0.3) is 11.2 Å². The lowest BCUT2D eigenvalue weighted by Gasteiger charge is -2.29. The molecule has 0 unspecified atom stereocenters. The van der Waals surface area contributed by atoms with E-state index in [0.717, 1.165) is 31.4 Å². The summed E-state index contributed by atoms with van der Waals surface area (Å²) in [5.41, 5.74) is 9.54. The van der Waals surface area contributed by atoms with E-state index in [4.69, 9.17) is 19.9 Å². The van der Waals surface area contributed by atoms with Crippen molar-refractivity contribution in [1.29, 1.82) is 0 Å². The van der Waals surface area contributed by atoms with Crippen molar-refractivity contribution in [3.8, 4) is 0 Å². The number of ether oxygens (including phenoxy) is 3. The van der Waals surface area contributed by atoms with Crippen LogP contribution in [0.5, 0.6) is 0 Å². The SMILES string of the molecule is CCCCCN(CCNC(=O)Cc1ccc(C(C)(C)C)cc1)C[C@H]1O[C@@H](n2cnc3c(N)ncnc32)[C@@H]2OC(C)(C)O[C@@H]21. The van der Waals surface area contributed by atoms with E-state index in [1.54, 1.807) is 6.33 Å². The van der Waals surface area contributed by atoms with E-state index in [-0.39, 0.29) is 29.6 Å². The predicted octanol–water partition coefficient (Wildman–Crippen LogP) is 3.97. The van der Waals surface area contributed by atoms with Crippen LogP contribution in [-0.2, 0) is 30.8 Å². The van der Waals surface area contributed by atoms with Crippen molar-refractivity contribution in [2.45, 2.75) is 103 Å². The zero-order valence-corrected chi connectivity index (χ0v) is 26.4. The van der Waals surface area contributed by atoms with Gasteiger partial charge in [-0.3, -0.25) is 14.3 Å². The molecule has 0 aliphatic carbocycles. The molecule has 4 atom stereocenters. The van der Waals surface area contributed by atoms with Crippen LogP contribution in [0.3, 0.4) is 0 Å². The molecule has 4 heterocycles. The molecule has 43 heavy (non-hydrogen) atoms. The second kappa shape index (κ2) is 12.9. The number of nitrogens with one attached hydrogen (secondary N) is 1. The number of hydrogen-bond donors (Lipinski definition) is 2. The molecule has 0 bridgehead atoms. The Morgan fingerprint density at radius 3 is 2.53 bits per heavy atom. The van der Waals surface area contributed by atoms with Crippen molar-refractivity contribution in [1.82, 2.24) is 29.7 Å². The Labute approximate surface area is 254 Å². The Hall–Kier alpha value is -3.12. The number of benzene rings is 1. The molecule has 234 valence electrons. The molecule has 11 nitrogen and oxygen atoms in total. The first-order valence-corrected chi connectivity index (χ1v) is 15.5. The summed E-state index contributed by atoms with van der Waals surface area (Å²) < 4.78 is 21.2. The zero-order chi connectivity index (χ0) is 30.8. The van der Waals surface area contributed by atoms with E-state index in [0.29, 0.717) is 43.0 Å². The third-order valence-corrected chi connectivity index (χ3v) is 8.24. The number of carbonyl (C=O) groups is 1. The highest BCUT2D eigenvalue weighted by molar-refractivity contribution is 5.81. The lowest BCUT2D eigenvalue weighted by Crippen LogP contribution is -2.43. The zero-order valence-electron chi connectivity index (χ0n) is 26.4. The second-order valence-corrected chi connectivity index (χ2v) is 13.2. The molecule has 5 rings (SSSR count). The molecule has 2 aromatic heterocycles. The van der Waals surface area contributed by atoms with Crippen LogP contribution in [0, 0.1) is 0 Å². The Kier molecular flexibility index (Phi) is 9.36. The van der Waals surface area contributed by atoms with Crippen LogP contribution in [0.15, 0.2) is 36.9 Å². The molecule has 2 fully saturated rings. The standard InChI is InChI=1S/C32H47N7O4/c1-7-8-9-15-38(16-14-34-24(40)17-21-10-12-22(13-11-21)31(2,3)4)18-23-26-27(43-32(5,6)42-26)30(41-23)39-20-37-25-28(33)35-19-36-29(25)39/h10-13,19-20,23,26-27,30H,7-9,14-18H2,1-6H3,(H,34,40)(H2,33,35,36)/t23-,26-,27-,30-/m1/s1. The van der Waals surface area contributed by atoms with Gasteiger partial charge in [-0.2, -0.15) is 0 Å². The minimum atomic E-state index is -0.744. The van der Waals surface area contributed by atoms with Gasteiger partial charge in [0.15, 0.2) is 23.5 Å². The topological polar surface area (TPSA) is 130 Å². The van der Waals surface area contributed by atoms with Gasteiger partial charge < -0.3 is 25.3 Å². The summed E-state index contributed by atoms with van der Waals surface area (Å²) in [6.45, 7) is 15.4. The third-order valence-electron chi connectivity index (χ3n) is 8.24. The monoisotopic (exact) mass is 593 g/mol. The average Bonchev–Trinajstić information content (AvgIpc) is 3.60. The van der Waals surface area contributed by atoms with Gasteiger partial charge in [0.2, 0.25) is 5.91 Å². The van der Waals surface area contributed by atoms with Gasteiger partial charge in [-0.05, 0) is 43.4 Å². The highest BCUT2D eigenvalue weighted by Crippen LogP contribution is 2.44. The van der Waals surface area contributed by atoms with Crippen molar-refractivity contribution >= 4 is 22.9 Å². The number of fused-ring (bicyclic) bond motifs is 2. The van der Waals surface area contributed by atoms with Gasteiger partial charge in [0.25, 0.3) is 0 Å². The van der Waals surface area contributed by atoms with Crippen LogP contribution in [0.1, 0.15) is 78.2 Å². The molecule has 1 amide bonds. The minimum absolute atomic E-state index is 0.0248. The summed E-state index contributed by atoms with van der Waals surface area (Å²) in [7, 11) is 0. The average molecular weight is 594 g/mol. The molecule has 11 heteroatoms. The second-order valence-electron chi connectivity index (χ2n) is 13.2. The first-order chi connectivity index (χ1) is 20.4. The largest absolute Gasteiger partial charge is 0.382 e. The molecule has 3 aromatic rings. The molecule has 2 aliphatic heterocycles. The van der Waals surface area contributed by atoms with Crippen LogP contribution in [0.4, 0.5) is 5.82 Å². The number of imidazole rings is 1. The first-order valence-electron chi connectivity index (χ1n) is 15.5. The number of aromatic nitrogens is 4. The molecular formula is C32H47N7O4. The van der Waals surface area contributed by atoms with Crippen LogP contribution >= 0.6 is 0 Å². The summed E-state index contributed by atoms with van der Waals surface area (Å²) in [6.07, 6.45) is 5.50. The van der Waals surface area contributed by atoms with E-state index in [2.05, 4.69) is 77.1 Å². The normalized spacial score (nSPS) is 23.2. The quantitative estimate of drug-likeness (QED) is 0.300. The van der Waals surface area contributed by atoms with Crippen molar-refractivity contribution in [2.75, 3.05) is 31.9 Å². The van der Waals surface area contributed by atoms with Crippen LogP contribution < -0.4 is 11.1 Å². The fourth-order valence-corrected chi connectivity index (χ4v) is 5.94. The van der Waals surface area contributed by atoms with Crippen LogP contribution in [-0.4, -0.2) is 80.6 Å². The Balaban J connectivity index is 1.23. The molecule has 0 saturated carbocycles. The van der Waals surface area contributed by atoms with Crippen molar-refractivity contribution in [2.24, 2.45) is 0 Å². The van der Waals surface area contributed by atoms with E-state index in [9.17, 15) is 4.79 Å². The molecule has 1 aromatic carbocycles. The van der Waals surface area contributed by atoms with Gasteiger partial charge >= 0.3 is 0 Å². The number of rotatable bonds is 12. The maximum absolute atomic E-state index is 12.8. The molecule has 3 N–H and O–H groups in total. The first kappa shape index (κ1) is 31.3. The molecule has 2 saturated heterocycles. The smallest absolute Gasteiger partial charge is 0.224 e. The molecular weight excluding hydrogens is 546 g/mol. The highest BCUT2D eigenvalue weighted by atomic mass is 16.8. The van der Waals surface area contributed by atoms with Gasteiger partial charge in [-0.15, -0.1) is 0 Å². The van der Waals surface area contributed by atoms with Crippen LogP contribution in [0.2, 0.25) is 0 Å². The van der Waals surface area contributed by atoms with Gasteiger partial charge in [0.05, 0.1) is 12.7 Å². The van der Waals surface area contributed by atoms with E-state index in [1.165, 1.54) is 11.9 Å². The number of anilines is 1. The van der Waals surface area contributed by atoms with Crippen molar-refractivity contribution in [3.63, 3.8) is 0 Å². The maximum Gasteiger partial charge on any atom is 0.224 e. The van der Waals surface area contributed by atoms with Crippen molar-refractivity contribution < 1.29 is 19.0 Å². The molecule has 0 spiro atoms. The maximum atomic E-state index is 12.8. The molecule has 2 aliphatic rings. The fraction of sp³-hybridized carbons (Fsp3) is 0.625. The number of hydrogen-bond acceptors (Lipinski definition) is 9. The summed E-state index contributed by atoms with van der Waals surface area (Å²) >= 11 is 0. The van der Waals surface area contributed by atoms with Gasteiger partial charge in [-0.25, -0.2) is 15.0 Å². The fourth-order valence-electron chi connectivity index (χ4n) is 5.94.